The lowest BCUT2D eigenvalue weighted by atomic mass is 10.3. The summed E-state index contributed by atoms with van der Waals surface area (Å²) in [4.78, 5) is 36.8. The summed E-state index contributed by atoms with van der Waals surface area (Å²) in [5.74, 6) is -0.504. The minimum absolute atomic E-state index is 0.241. The Morgan fingerprint density at radius 2 is 2.16 bits per heavy atom. The van der Waals surface area contributed by atoms with Crippen molar-refractivity contribution in [2.45, 2.75) is 18.9 Å². The third-order valence-corrected chi connectivity index (χ3v) is 3.85. The Hall–Kier alpha value is -1.44. The van der Waals surface area contributed by atoms with E-state index in [4.69, 9.17) is 5.11 Å². The van der Waals surface area contributed by atoms with E-state index in [1.165, 1.54) is 28.7 Å². The number of carbonyl (C=O) groups is 3. The van der Waals surface area contributed by atoms with Gasteiger partial charge in [0.05, 0.1) is 13.0 Å². The van der Waals surface area contributed by atoms with E-state index in [1.807, 2.05) is 0 Å². The number of thioether (sulfide) groups is 1. The van der Waals surface area contributed by atoms with Gasteiger partial charge in [-0.15, -0.1) is 11.8 Å². The zero-order valence-electron chi connectivity index (χ0n) is 11.0. The molecule has 0 aromatic carbocycles. The number of hydrogen-bond donors (Lipinski definition) is 1. The first-order chi connectivity index (χ1) is 8.97. The highest BCUT2D eigenvalue weighted by Gasteiger charge is 2.35. The van der Waals surface area contributed by atoms with Gasteiger partial charge in [0.25, 0.3) is 0 Å². The number of aliphatic carboxylic acids is 1. The van der Waals surface area contributed by atoms with E-state index >= 15 is 0 Å². The number of methoxy groups -OCH3 is 1. The second kappa shape index (κ2) is 7.22. The fourth-order valence-corrected chi connectivity index (χ4v) is 2.85. The molecule has 1 rings (SSSR count). The maximum Gasteiger partial charge on any atom is 0.327 e. The van der Waals surface area contributed by atoms with E-state index in [0.717, 1.165) is 0 Å². The standard InChI is InChI=1S/C11H18N2O5S/c1-12(5-3-4-9(14)18-2)11(17)13-7-19-6-8(13)10(15)16/h8H,3-7H2,1-2H3,(H,15,16). The number of carbonyl (C=O) groups excluding carboxylic acids is 2. The zero-order valence-corrected chi connectivity index (χ0v) is 11.8. The molecule has 1 unspecified atom stereocenters. The van der Waals surface area contributed by atoms with E-state index in [-0.39, 0.29) is 18.4 Å². The van der Waals surface area contributed by atoms with E-state index in [0.29, 0.717) is 24.6 Å². The van der Waals surface area contributed by atoms with E-state index in [9.17, 15) is 14.4 Å². The molecule has 1 aliphatic rings. The van der Waals surface area contributed by atoms with Gasteiger partial charge in [0.15, 0.2) is 0 Å². The number of carboxylic acid groups (broad SMARTS) is 1. The maximum absolute atomic E-state index is 12.1. The van der Waals surface area contributed by atoms with Crippen LogP contribution in [0.25, 0.3) is 0 Å². The second-order valence-electron chi connectivity index (χ2n) is 4.21. The quantitative estimate of drug-likeness (QED) is 0.740. The molecular weight excluding hydrogens is 272 g/mol. The van der Waals surface area contributed by atoms with Crippen molar-refractivity contribution in [2.24, 2.45) is 0 Å². The Morgan fingerprint density at radius 3 is 2.74 bits per heavy atom. The Labute approximate surface area is 115 Å². The van der Waals surface area contributed by atoms with E-state index < -0.39 is 12.0 Å². The Morgan fingerprint density at radius 1 is 1.47 bits per heavy atom. The maximum atomic E-state index is 12.1. The molecule has 8 heteroatoms. The van der Waals surface area contributed by atoms with Gasteiger partial charge in [0.2, 0.25) is 0 Å². The molecule has 0 radical (unpaired) electrons. The van der Waals surface area contributed by atoms with Crippen molar-refractivity contribution in [2.75, 3.05) is 32.3 Å². The van der Waals surface area contributed by atoms with Crippen molar-refractivity contribution in [1.82, 2.24) is 9.80 Å². The van der Waals surface area contributed by atoms with Crippen LogP contribution in [0.1, 0.15) is 12.8 Å². The predicted molar refractivity (Wildman–Crippen MR) is 69.9 cm³/mol. The highest BCUT2D eigenvalue weighted by Crippen LogP contribution is 2.22. The monoisotopic (exact) mass is 290 g/mol. The summed E-state index contributed by atoms with van der Waals surface area (Å²) in [5.41, 5.74) is 0. The molecule has 0 spiro atoms. The lowest BCUT2D eigenvalue weighted by molar-refractivity contribution is -0.141. The van der Waals surface area contributed by atoms with Crippen molar-refractivity contribution in [1.29, 1.82) is 0 Å². The third kappa shape index (κ3) is 4.30. The number of rotatable bonds is 5. The molecule has 1 atom stereocenters. The molecule has 19 heavy (non-hydrogen) atoms. The molecular formula is C11H18N2O5S. The van der Waals surface area contributed by atoms with Crippen LogP contribution in [0.2, 0.25) is 0 Å². The van der Waals surface area contributed by atoms with Crippen molar-refractivity contribution in [3.05, 3.63) is 0 Å². The first-order valence-electron chi connectivity index (χ1n) is 5.86. The largest absolute Gasteiger partial charge is 0.480 e. The fraction of sp³-hybridized carbons (Fsp3) is 0.727. The zero-order chi connectivity index (χ0) is 14.4. The average Bonchev–Trinajstić information content (AvgIpc) is 2.86. The van der Waals surface area contributed by atoms with Gasteiger partial charge in [-0.3, -0.25) is 4.79 Å². The smallest absolute Gasteiger partial charge is 0.327 e. The number of ether oxygens (including phenoxy) is 1. The van der Waals surface area contributed by atoms with Crippen LogP contribution in [-0.2, 0) is 14.3 Å². The van der Waals surface area contributed by atoms with Crippen LogP contribution in [-0.4, -0.2) is 71.2 Å². The van der Waals surface area contributed by atoms with Crippen molar-refractivity contribution < 1.29 is 24.2 Å². The third-order valence-electron chi connectivity index (χ3n) is 2.84. The Balaban J connectivity index is 2.43. The number of carboxylic acids is 1. The lowest BCUT2D eigenvalue weighted by Crippen LogP contribution is -2.47. The van der Waals surface area contributed by atoms with Gasteiger partial charge >= 0.3 is 18.0 Å². The van der Waals surface area contributed by atoms with Crippen molar-refractivity contribution in [3.8, 4) is 0 Å². The van der Waals surface area contributed by atoms with Crippen LogP contribution < -0.4 is 0 Å². The molecule has 1 saturated heterocycles. The summed E-state index contributed by atoms with van der Waals surface area (Å²) in [6.45, 7) is 0.390. The molecule has 7 nitrogen and oxygen atoms in total. The number of nitrogens with zero attached hydrogens (tertiary/aromatic N) is 2. The predicted octanol–water partition coefficient (Wildman–Crippen LogP) is 0.451. The molecule has 1 N–H and O–H groups in total. The molecule has 1 aliphatic heterocycles. The van der Waals surface area contributed by atoms with Crippen molar-refractivity contribution >= 4 is 29.7 Å². The summed E-state index contributed by atoms with van der Waals surface area (Å²) in [6.07, 6.45) is 0.735. The Bertz CT molecular complexity index is 363. The van der Waals surface area contributed by atoms with Gasteiger partial charge in [0.1, 0.15) is 6.04 Å². The molecule has 0 bridgehead atoms. The van der Waals surface area contributed by atoms with Gasteiger partial charge in [-0.2, -0.15) is 0 Å². The van der Waals surface area contributed by atoms with Crippen LogP contribution in [0, 0.1) is 0 Å². The summed E-state index contributed by atoms with van der Waals surface area (Å²) in [7, 11) is 2.91. The van der Waals surface area contributed by atoms with Crippen LogP contribution >= 0.6 is 11.8 Å². The highest BCUT2D eigenvalue weighted by molar-refractivity contribution is 7.99. The summed E-state index contributed by atoms with van der Waals surface area (Å²) >= 11 is 1.42. The van der Waals surface area contributed by atoms with Gasteiger partial charge in [-0.05, 0) is 6.42 Å². The molecule has 0 aliphatic carbocycles. The lowest BCUT2D eigenvalue weighted by Gasteiger charge is -2.26. The highest BCUT2D eigenvalue weighted by atomic mass is 32.2. The van der Waals surface area contributed by atoms with Gasteiger partial charge in [0, 0.05) is 25.8 Å². The van der Waals surface area contributed by atoms with Gasteiger partial charge in [-0.1, -0.05) is 0 Å². The molecule has 0 saturated carbocycles. The minimum Gasteiger partial charge on any atom is -0.480 e. The minimum atomic E-state index is -0.985. The Kier molecular flexibility index (Phi) is 5.94. The topological polar surface area (TPSA) is 87.2 Å². The summed E-state index contributed by atoms with van der Waals surface area (Å²) in [5, 5.41) is 9.01. The molecule has 108 valence electrons. The molecule has 1 fully saturated rings. The summed E-state index contributed by atoms with van der Waals surface area (Å²) in [6, 6.07) is -1.08. The van der Waals surface area contributed by atoms with E-state index in [2.05, 4.69) is 4.74 Å². The fourth-order valence-electron chi connectivity index (χ4n) is 1.71. The second-order valence-corrected chi connectivity index (χ2v) is 5.21. The number of amides is 2. The van der Waals surface area contributed by atoms with Gasteiger partial charge < -0.3 is 19.6 Å². The van der Waals surface area contributed by atoms with Crippen LogP contribution in [0.3, 0.4) is 0 Å². The van der Waals surface area contributed by atoms with Crippen molar-refractivity contribution in [3.63, 3.8) is 0 Å². The molecule has 1 heterocycles. The average molecular weight is 290 g/mol. The number of esters is 1. The normalized spacial score (nSPS) is 18.2. The summed E-state index contributed by atoms with van der Waals surface area (Å²) < 4.78 is 4.51. The first-order valence-corrected chi connectivity index (χ1v) is 7.02. The molecule has 0 aromatic heterocycles. The number of urea groups is 1. The molecule has 0 aromatic rings. The molecule has 2 amide bonds. The van der Waals surface area contributed by atoms with Gasteiger partial charge in [-0.25, -0.2) is 9.59 Å². The number of hydrogen-bond acceptors (Lipinski definition) is 5. The van der Waals surface area contributed by atoms with E-state index in [1.54, 1.807) is 7.05 Å². The van der Waals surface area contributed by atoms with Crippen LogP contribution in [0.5, 0.6) is 0 Å². The first kappa shape index (κ1) is 15.6. The van der Waals surface area contributed by atoms with Crippen LogP contribution in [0.15, 0.2) is 0 Å². The SMILES string of the molecule is COC(=O)CCCN(C)C(=O)N1CSCC1C(=O)O. The van der Waals surface area contributed by atoms with Crippen LogP contribution in [0.4, 0.5) is 4.79 Å².